The summed E-state index contributed by atoms with van der Waals surface area (Å²) in [6, 6.07) is 6.73. The van der Waals surface area contributed by atoms with Crippen molar-refractivity contribution < 1.29 is 13.5 Å². The maximum absolute atomic E-state index is 12.1. The van der Waals surface area contributed by atoms with Gasteiger partial charge in [0.1, 0.15) is 5.75 Å². The van der Waals surface area contributed by atoms with E-state index in [1.165, 1.54) is 4.31 Å². The summed E-state index contributed by atoms with van der Waals surface area (Å²) >= 11 is 0. The molecule has 1 unspecified atom stereocenters. The molecule has 1 aliphatic heterocycles. The molecule has 1 heterocycles. The number of phenolic OH excluding ortho intramolecular Hbond substituents is 1. The Hall–Kier alpha value is -1.11. The Morgan fingerprint density at radius 1 is 1.42 bits per heavy atom. The Balaban J connectivity index is 2.00. The van der Waals surface area contributed by atoms with Gasteiger partial charge in [0.05, 0.1) is 0 Å². The van der Waals surface area contributed by atoms with E-state index >= 15 is 0 Å². The third kappa shape index (κ3) is 3.68. The topological polar surface area (TPSA) is 69.6 Å². The first-order valence-electron chi connectivity index (χ1n) is 6.50. The van der Waals surface area contributed by atoms with Gasteiger partial charge in [-0.15, -0.1) is 0 Å². The minimum atomic E-state index is -3.46. The van der Waals surface area contributed by atoms with Crippen molar-refractivity contribution in [3.05, 3.63) is 29.8 Å². The molecule has 0 aliphatic carbocycles. The van der Waals surface area contributed by atoms with Crippen LogP contribution in [0, 0.1) is 5.92 Å². The number of hydrogen-bond acceptors (Lipinski definition) is 3. The second-order valence-electron chi connectivity index (χ2n) is 5.06. The van der Waals surface area contributed by atoms with E-state index in [9.17, 15) is 13.5 Å². The standard InChI is InChI=1S/C13H20N2O3S/c1-11-5-4-8-15(10-11)19(17,18)14-9-12-6-2-3-7-13(12)16/h2-3,6-7,11,14,16H,4-5,8-10H2,1H3. The number of hydrogen-bond donors (Lipinski definition) is 2. The molecule has 19 heavy (non-hydrogen) atoms. The lowest BCUT2D eigenvalue weighted by atomic mass is 10.0. The molecule has 1 aromatic rings. The summed E-state index contributed by atoms with van der Waals surface area (Å²) < 4.78 is 28.3. The average molecular weight is 284 g/mol. The van der Waals surface area contributed by atoms with Crippen LogP contribution in [0.5, 0.6) is 5.75 Å². The van der Waals surface area contributed by atoms with E-state index in [1.54, 1.807) is 24.3 Å². The summed E-state index contributed by atoms with van der Waals surface area (Å²) in [6.45, 7) is 3.31. The molecule has 1 aliphatic rings. The van der Waals surface area contributed by atoms with Crippen LogP contribution in [0.4, 0.5) is 0 Å². The minimum Gasteiger partial charge on any atom is -0.508 e. The van der Waals surface area contributed by atoms with E-state index in [1.807, 2.05) is 0 Å². The van der Waals surface area contributed by atoms with Crippen molar-refractivity contribution in [1.82, 2.24) is 9.03 Å². The first-order valence-corrected chi connectivity index (χ1v) is 7.94. The Bertz CT molecular complexity index is 530. The molecule has 0 amide bonds. The van der Waals surface area contributed by atoms with E-state index < -0.39 is 10.2 Å². The fourth-order valence-corrected chi connectivity index (χ4v) is 3.63. The highest BCUT2D eigenvalue weighted by Crippen LogP contribution is 2.19. The van der Waals surface area contributed by atoms with Crippen molar-refractivity contribution in [3.8, 4) is 5.75 Å². The molecule has 0 spiro atoms. The molecule has 1 fully saturated rings. The molecule has 2 rings (SSSR count). The molecule has 5 nitrogen and oxygen atoms in total. The van der Waals surface area contributed by atoms with Gasteiger partial charge in [-0.1, -0.05) is 25.1 Å². The lowest BCUT2D eigenvalue weighted by Gasteiger charge is -2.30. The first kappa shape index (κ1) is 14.3. The Morgan fingerprint density at radius 2 is 2.16 bits per heavy atom. The van der Waals surface area contributed by atoms with Crippen molar-refractivity contribution in [2.45, 2.75) is 26.3 Å². The zero-order chi connectivity index (χ0) is 13.9. The Labute approximate surface area is 114 Å². The normalized spacial score (nSPS) is 21.4. The van der Waals surface area contributed by atoms with Gasteiger partial charge in [0.25, 0.3) is 10.2 Å². The van der Waals surface area contributed by atoms with Gasteiger partial charge in [-0.2, -0.15) is 17.4 Å². The van der Waals surface area contributed by atoms with Crippen LogP contribution in [0.25, 0.3) is 0 Å². The van der Waals surface area contributed by atoms with Gasteiger partial charge in [0.2, 0.25) is 0 Å². The van der Waals surface area contributed by atoms with Gasteiger partial charge in [-0.25, -0.2) is 0 Å². The van der Waals surface area contributed by atoms with E-state index in [-0.39, 0.29) is 12.3 Å². The van der Waals surface area contributed by atoms with Crippen LogP contribution in [-0.2, 0) is 16.8 Å². The molecule has 1 aromatic carbocycles. The maximum Gasteiger partial charge on any atom is 0.279 e. The molecule has 2 N–H and O–H groups in total. The highest BCUT2D eigenvalue weighted by atomic mass is 32.2. The summed E-state index contributed by atoms with van der Waals surface area (Å²) in [7, 11) is -3.46. The SMILES string of the molecule is CC1CCCN(S(=O)(=O)NCc2ccccc2O)C1. The Morgan fingerprint density at radius 3 is 2.84 bits per heavy atom. The summed E-state index contributed by atoms with van der Waals surface area (Å²) in [5.74, 6) is 0.507. The number of nitrogens with zero attached hydrogens (tertiary/aromatic N) is 1. The van der Waals surface area contributed by atoms with Crippen LogP contribution in [0.1, 0.15) is 25.3 Å². The lowest BCUT2D eigenvalue weighted by molar-refractivity contribution is 0.278. The molecule has 0 radical (unpaired) electrons. The second-order valence-corrected chi connectivity index (χ2v) is 6.82. The molecular weight excluding hydrogens is 264 g/mol. The van der Waals surface area contributed by atoms with Crippen LogP contribution >= 0.6 is 0 Å². The molecule has 1 atom stereocenters. The fourth-order valence-electron chi connectivity index (χ4n) is 2.29. The summed E-state index contributed by atoms with van der Waals surface area (Å²) in [6.07, 6.45) is 1.98. The van der Waals surface area contributed by atoms with E-state index in [0.717, 1.165) is 12.8 Å². The van der Waals surface area contributed by atoms with Crippen LogP contribution in [0.2, 0.25) is 0 Å². The third-order valence-corrected chi connectivity index (χ3v) is 4.92. The monoisotopic (exact) mass is 284 g/mol. The van der Waals surface area contributed by atoms with E-state index in [4.69, 9.17) is 0 Å². The number of benzene rings is 1. The van der Waals surface area contributed by atoms with Crippen LogP contribution in [0.3, 0.4) is 0 Å². The Kier molecular flexibility index (Phi) is 4.44. The van der Waals surface area contributed by atoms with Crippen molar-refractivity contribution >= 4 is 10.2 Å². The second kappa shape index (κ2) is 5.90. The number of nitrogens with one attached hydrogen (secondary N) is 1. The van der Waals surface area contributed by atoms with Gasteiger partial charge in [0.15, 0.2) is 0 Å². The van der Waals surface area contributed by atoms with Crippen LogP contribution in [-0.4, -0.2) is 30.9 Å². The zero-order valence-electron chi connectivity index (χ0n) is 11.0. The summed E-state index contributed by atoms with van der Waals surface area (Å²) in [5, 5.41) is 9.61. The number of piperidine rings is 1. The predicted octanol–water partition coefficient (Wildman–Crippen LogP) is 1.46. The quantitative estimate of drug-likeness (QED) is 0.879. The number of para-hydroxylation sites is 1. The molecule has 106 valence electrons. The van der Waals surface area contributed by atoms with Crippen LogP contribution in [0.15, 0.2) is 24.3 Å². The number of phenols is 1. The maximum atomic E-state index is 12.1. The molecule has 0 aromatic heterocycles. The summed E-state index contributed by atoms with van der Waals surface area (Å²) in [4.78, 5) is 0. The summed E-state index contributed by atoms with van der Waals surface area (Å²) in [5.41, 5.74) is 0.580. The number of aromatic hydroxyl groups is 1. The van der Waals surface area contributed by atoms with Gasteiger partial charge < -0.3 is 5.11 Å². The van der Waals surface area contributed by atoms with Gasteiger partial charge in [-0.3, -0.25) is 0 Å². The van der Waals surface area contributed by atoms with Crippen molar-refractivity contribution in [2.24, 2.45) is 5.92 Å². The van der Waals surface area contributed by atoms with Crippen molar-refractivity contribution in [3.63, 3.8) is 0 Å². The predicted molar refractivity (Wildman–Crippen MR) is 73.8 cm³/mol. The molecule has 1 saturated heterocycles. The number of rotatable bonds is 4. The average Bonchev–Trinajstić information content (AvgIpc) is 2.38. The van der Waals surface area contributed by atoms with Crippen LogP contribution < -0.4 is 4.72 Å². The molecule has 0 bridgehead atoms. The van der Waals surface area contributed by atoms with Gasteiger partial charge >= 0.3 is 0 Å². The highest BCUT2D eigenvalue weighted by molar-refractivity contribution is 7.87. The molecular formula is C13H20N2O3S. The van der Waals surface area contributed by atoms with Crippen molar-refractivity contribution in [2.75, 3.05) is 13.1 Å². The first-order chi connectivity index (χ1) is 8.99. The minimum absolute atomic E-state index is 0.109. The highest BCUT2D eigenvalue weighted by Gasteiger charge is 2.26. The van der Waals surface area contributed by atoms with E-state index in [2.05, 4.69) is 11.6 Å². The van der Waals surface area contributed by atoms with Gasteiger partial charge in [0, 0.05) is 25.2 Å². The fraction of sp³-hybridized carbons (Fsp3) is 0.538. The smallest absolute Gasteiger partial charge is 0.279 e. The van der Waals surface area contributed by atoms with Gasteiger partial charge in [-0.05, 0) is 24.8 Å². The van der Waals surface area contributed by atoms with E-state index in [0.29, 0.717) is 24.6 Å². The largest absolute Gasteiger partial charge is 0.508 e. The van der Waals surface area contributed by atoms with Crippen molar-refractivity contribution in [1.29, 1.82) is 0 Å². The molecule has 0 saturated carbocycles. The third-order valence-electron chi connectivity index (χ3n) is 3.40. The molecule has 6 heteroatoms. The zero-order valence-corrected chi connectivity index (χ0v) is 11.9. The lowest BCUT2D eigenvalue weighted by Crippen LogP contribution is -2.45.